The first-order valence-corrected chi connectivity index (χ1v) is 10.7. The van der Waals surface area contributed by atoms with Crippen LogP contribution in [0.15, 0.2) is 29.4 Å². The van der Waals surface area contributed by atoms with Crippen molar-refractivity contribution in [2.24, 2.45) is 11.8 Å². The Morgan fingerprint density at radius 1 is 1.37 bits per heavy atom. The van der Waals surface area contributed by atoms with Crippen molar-refractivity contribution in [1.82, 2.24) is 20.1 Å². The first-order valence-electron chi connectivity index (χ1n) is 9.49. The van der Waals surface area contributed by atoms with Crippen molar-refractivity contribution in [3.05, 3.63) is 41.5 Å². The van der Waals surface area contributed by atoms with Crippen molar-refractivity contribution in [2.75, 3.05) is 12.8 Å². The molecule has 1 N–H and O–H groups in total. The Kier molecular flexibility index (Phi) is 6.52. The highest BCUT2D eigenvalue weighted by Crippen LogP contribution is 2.48. The third kappa shape index (κ3) is 4.89. The molecule has 1 saturated carbocycles. The second-order valence-electron chi connectivity index (χ2n) is 7.47. The smallest absolute Gasteiger partial charge is 0.223 e. The van der Waals surface area contributed by atoms with E-state index in [0.717, 1.165) is 36.8 Å². The van der Waals surface area contributed by atoms with Crippen LogP contribution in [-0.2, 0) is 17.8 Å². The Bertz CT molecular complexity index is 792. The fourth-order valence-corrected chi connectivity index (χ4v) is 3.92. The number of hydrogen-bond acceptors (Lipinski definition) is 4. The molecule has 1 aliphatic rings. The van der Waals surface area contributed by atoms with Crippen molar-refractivity contribution >= 4 is 17.7 Å². The van der Waals surface area contributed by atoms with Gasteiger partial charge in [0.1, 0.15) is 11.6 Å². The van der Waals surface area contributed by atoms with Crippen LogP contribution in [0.2, 0.25) is 0 Å². The second-order valence-corrected chi connectivity index (χ2v) is 8.25. The normalized spacial score (nSPS) is 18.7. The molecular formula is C20H27FN4OS. The lowest BCUT2D eigenvalue weighted by Gasteiger charge is -2.11. The number of carbonyl (C=O) groups excluding carboxylic acids is 1. The van der Waals surface area contributed by atoms with E-state index in [1.807, 2.05) is 12.3 Å². The molecule has 1 heterocycles. The van der Waals surface area contributed by atoms with Crippen LogP contribution in [0.25, 0.3) is 0 Å². The Morgan fingerprint density at radius 2 is 2.15 bits per heavy atom. The minimum Gasteiger partial charge on any atom is -0.356 e. The number of thioether (sulfide) groups is 1. The fraction of sp³-hybridized carbons (Fsp3) is 0.550. The van der Waals surface area contributed by atoms with Gasteiger partial charge in [-0.05, 0) is 42.6 Å². The molecule has 0 bridgehead atoms. The Labute approximate surface area is 164 Å². The van der Waals surface area contributed by atoms with Crippen LogP contribution < -0.4 is 5.32 Å². The first kappa shape index (κ1) is 19.9. The summed E-state index contributed by atoms with van der Waals surface area (Å²) < 4.78 is 16.0. The quantitative estimate of drug-likeness (QED) is 0.524. The SMILES string of the molecule is CSc1nnc(CCCNC(=O)C2CC2c2ccccc2F)n1CC(C)C. The summed E-state index contributed by atoms with van der Waals surface area (Å²) in [6.45, 7) is 5.85. The van der Waals surface area contributed by atoms with Gasteiger partial charge in [-0.2, -0.15) is 0 Å². The van der Waals surface area contributed by atoms with Crippen molar-refractivity contribution in [2.45, 2.75) is 50.7 Å². The molecule has 146 valence electrons. The molecule has 2 aromatic rings. The second kappa shape index (κ2) is 8.87. The Hall–Kier alpha value is -1.89. The summed E-state index contributed by atoms with van der Waals surface area (Å²) in [6.07, 6.45) is 4.33. The van der Waals surface area contributed by atoms with Gasteiger partial charge < -0.3 is 9.88 Å². The number of hydrogen-bond donors (Lipinski definition) is 1. The molecule has 2 unspecified atom stereocenters. The molecule has 0 radical (unpaired) electrons. The van der Waals surface area contributed by atoms with Gasteiger partial charge in [0.25, 0.3) is 0 Å². The van der Waals surface area contributed by atoms with Gasteiger partial charge >= 0.3 is 0 Å². The van der Waals surface area contributed by atoms with E-state index in [1.54, 1.807) is 23.9 Å². The largest absolute Gasteiger partial charge is 0.356 e. The molecule has 0 saturated heterocycles. The Morgan fingerprint density at radius 3 is 2.85 bits per heavy atom. The van der Waals surface area contributed by atoms with Crippen LogP contribution in [0.5, 0.6) is 0 Å². The maximum absolute atomic E-state index is 13.8. The minimum absolute atomic E-state index is 0.0180. The molecule has 2 atom stereocenters. The molecule has 1 aliphatic carbocycles. The maximum atomic E-state index is 13.8. The van der Waals surface area contributed by atoms with E-state index < -0.39 is 0 Å². The number of aryl methyl sites for hydroxylation is 1. The first-order chi connectivity index (χ1) is 13.0. The van der Waals surface area contributed by atoms with Crippen LogP contribution in [0.3, 0.4) is 0 Å². The molecule has 1 aromatic heterocycles. The highest BCUT2D eigenvalue weighted by molar-refractivity contribution is 7.98. The summed E-state index contributed by atoms with van der Waals surface area (Å²) in [6, 6.07) is 6.73. The van der Waals surface area contributed by atoms with E-state index in [-0.39, 0.29) is 23.6 Å². The van der Waals surface area contributed by atoms with Gasteiger partial charge in [0.2, 0.25) is 5.91 Å². The third-order valence-electron chi connectivity index (χ3n) is 4.83. The lowest BCUT2D eigenvalue weighted by atomic mass is 10.1. The van der Waals surface area contributed by atoms with Gasteiger partial charge in [-0.15, -0.1) is 10.2 Å². The lowest BCUT2D eigenvalue weighted by molar-refractivity contribution is -0.122. The zero-order valence-corrected chi connectivity index (χ0v) is 16.9. The van der Waals surface area contributed by atoms with E-state index >= 15 is 0 Å². The van der Waals surface area contributed by atoms with Gasteiger partial charge in [-0.1, -0.05) is 43.8 Å². The van der Waals surface area contributed by atoms with Crippen LogP contribution in [0.4, 0.5) is 4.39 Å². The number of amides is 1. The molecule has 7 heteroatoms. The summed E-state index contributed by atoms with van der Waals surface area (Å²) >= 11 is 1.60. The number of nitrogens with zero attached hydrogens (tertiary/aromatic N) is 3. The predicted octanol–water partition coefficient (Wildman–Crippen LogP) is 3.65. The van der Waals surface area contributed by atoms with Crippen LogP contribution in [-0.4, -0.2) is 33.5 Å². The van der Waals surface area contributed by atoms with E-state index in [4.69, 9.17) is 0 Å². The average molecular weight is 391 g/mol. The van der Waals surface area contributed by atoms with Gasteiger partial charge in [-0.3, -0.25) is 4.79 Å². The maximum Gasteiger partial charge on any atom is 0.223 e. The Balaban J connectivity index is 1.45. The highest BCUT2D eigenvalue weighted by Gasteiger charge is 2.44. The molecule has 1 amide bonds. The minimum atomic E-state index is -0.216. The predicted molar refractivity (Wildman–Crippen MR) is 105 cm³/mol. The highest BCUT2D eigenvalue weighted by atomic mass is 32.2. The van der Waals surface area contributed by atoms with Gasteiger partial charge in [0.15, 0.2) is 5.16 Å². The monoisotopic (exact) mass is 390 g/mol. The van der Waals surface area contributed by atoms with Crippen molar-refractivity contribution in [3.63, 3.8) is 0 Å². The van der Waals surface area contributed by atoms with Gasteiger partial charge in [-0.25, -0.2) is 4.39 Å². The summed E-state index contributed by atoms with van der Waals surface area (Å²) in [4.78, 5) is 12.3. The fourth-order valence-electron chi connectivity index (χ4n) is 3.40. The number of aromatic nitrogens is 3. The average Bonchev–Trinajstić information content (AvgIpc) is 3.35. The molecule has 0 aliphatic heterocycles. The van der Waals surface area contributed by atoms with E-state index in [9.17, 15) is 9.18 Å². The summed E-state index contributed by atoms with van der Waals surface area (Å²) in [5.41, 5.74) is 0.657. The molecule has 3 rings (SSSR count). The van der Waals surface area contributed by atoms with Crippen molar-refractivity contribution in [1.29, 1.82) is 0 Å². The van der Waals surface area contributed by atoms with Crippen molar-refractivity contribution < 1.29 is 9.18 Å². The van der Waals surface area contributed by atoms with Crippen molar-refractivity contribution in [3.8, 4) is 0 Å². The number of rotatable bonds is 9. The topological polar surface area (TPSA) is 59.8 Å². The molecule has 27 heavy (non-hydrogen) atoms. The number of nitrogens with one attached hydrogen (secondary N) is 1. The molecule has 1 aromatic carbocycles. The zero-order chi connectivity index (χ0) is 19.4. The lowest BCUT2D eigenvalue weighted by Crippen LogP contribution is -2.27. The van der Waals surface area contributed by atoms with Crippen LogP contribution in [0.1, 0.15) is 44.0 Å². The van der Waals surface area contributed by atoms with Gasteiger partial charge in [0.05, 0.1) is 0 Å². The zero-order valence-electron chi connectivity index (χ0n) is 16.1. The summed E-state index contributed by atoms with van der Waals surface area (Å²) in [7, 11) is 0. The number of carbonyl (C=O) groups is 1. The van der Waals surface area contributed by atoms with E-state index in [0.29, 0.717) is 18.0 Å². The molecular weight excluding hydrogens is 363 g/mol. The summed E-state index contributed by atoms with van der Waals surface area (Å²) in [5.74, 6) is 1.22. The van der Waals surface area contributed by atoms with E-state index in [2.05, 4.69) is 33.9 Å². The van der Waals surface area contributed by atoms with Crippen LogP contribution in [0, 0.1) is 17.7 Å². The standard InChI is InChI=1S/C20H27FN4OS/c1-13(2)12-25-18(23-24-20(25)27-3)9-6-10-22-19(26)16-11-15(16)14-7-4-5-8-17(14)21/h4-5,7-8,13,15-16H,6,9-12H2,1-3H3,(H,22,26). The molecule has 0 spiro atoms. The molecule has 1 fully saturated rings. The summed E-state index contributed by atoms with van der Waals surface area (Å²) in [5, 5.41) is 12.5. The van der Waals surface area contributed by atoms with Crippen LogP contribution >= 0.6 is 11.8 Å². The van der Waals surface area contributed by atoms with E-state index in [1.165, 1.54) is 6.07 Å². The number of halogens is 1. The number of benzene rings is 1. The molecule has 5 nitrogen and oxygen atoms in total. The third-order valence-corrected chi connectivity index (χ3v) is 5.50. The van der Waals surface area contributed by atoms with Gasteiger partial charge in [0, 0.05) is 25.4 Å².